The summed E-state index contributed by atoms with van der Waals surface area (Å²) in [6.45, 7) is 1.63. The van der Waals surface area contributed by atoms with Crippen molar-refractivity contribution in [3.05, 3.63) is 65.0 Å². The van der Waals surface area contributed by atoms with Crippen LogP contribution >= 0.6 is 0 Å². The first kappa shape index (κ1) is 14.9. The molecule has 0 fully saturated rings. The van der Waals surface area contributed by atoms with E-state index >= 15 is 0 Å². The summed E-state index contributed by atoms with van der Waals surface area (Å²) in [6, 6.07) is 4.87. The lowest BCUT2D eigenvalue weighted by molar-refractivity contribution is -0.138. The summed E-state index contributed by atoms with van der Waals surface area (Å²) >= 11 is 0. The number of hydrogen-bond acceptors (Lipinski definition) is 2. The van der Waals surface area contributed by atoms with Gasteiger partial charge in [-0.05, 0) is 48.9 Å². The van der Waals surface area contributed by atoms with Crippen molar-refractivity contribution < 1.29 is 23.1 Å². The van der Waals surface area contributed by atoms with E-state index in [0.29, 0.717) is 5.56 Å². The molecule has 2 rings (SSSR count). The van der Waals surface area contributed by atoms with Gasteiger partial charge in [-0.25, -0.2) is 18.0 Å². The molecule has 1 unspecified atom stereocenters. The SMILES string of the molecule is Cc1cc(F)cc(NC(C(=O)O)c2cc(F)ccc2F)c1. The van der Waals surface area contributed by atoms with E-state index in [2.05, 4.69) is 5.32 Å². The smallest absolute Gasteiger partial charge is 0.330 e. The molecule has 6 heteroatoms. The summed E-state index contributed by atoms with van der Waals surface area (Å²) in [7, 11) is 0. The summed E-state index contributed by atoms with van der Waals surface area (Å²) in [5, 5.41) is 11.7. The molecule has 2 aromatic carbocycles. The minimum Gasteiger partial charge on any atom is -0.479 e. The van der Waals surface area contributed by atoms with Crippen molar-refractivity contribution in [3.63, 3.8) is 0 Å². The minimum absolute atomic E-state index is 0.170. The Morgan fingerprint density at radius 1 is 1.10 bits per heavy atom. The average Bonchev–Trinajstić information content (AvgIpc) is 2.37. The molecule has 2 aromatic rings. The van der Waals surface area contributed by atoms with E-state index in [-0.39, 0.29) is 11.3 Å². The van der Waals surface area contributed by atoms with Crippen molar-refractivity contribution in [1.29, 1.82) is 0 Å². The number of rotatable bonds is 4. The lowest BCUT2D eigenvalue weighted by Crippen LogP contribution is -2.22. The van der Waals surface area contributed by atoms with Crippen LogP contribution in [0.3, 0.4) is 0 Å². The first-order valence-corrected chi connectivity index (χ1v) is 6.08. The standard InChI is InChI=1S/C15H12F3NO2/c1-8-4-10(17)6-11(5-8)19-14(15(20)21)12-7-9(16)2-3-13(12)18/h2-7,14,19H,1H3,(H,20,21). The van der Waals surface area contributed by atoms with Gasteiger partial charge in [-0.2, -0.15) is 0 Å². The van der Waals surface area contributed by atoms with Gasteiger partial charge >= 0.3 is 5.97 Å². The summed E-state index contributed by atoms with van der Waals surface area (Å²) in [5.74, 6) is -3.57. The lowest BCUT2D eigenvalue weighted by atomic mass is 10.1. The van der Waals surface area contributed by atoms with Gasteiger partial charge in [0.15, 0.2) is 6.04 Å². The molecule has 0 aromatic heterocycles. The van der Waals surface area contributed by atoms with Gasteiger partial charge < -0.3 is 10.4 Å². The molecule has 0 aliphatic heterocycles. The van der Waals surface area contributed by atoms with Gasteiger partial charge in [-0.15, -0.1) is 0 Å². The van der Waals surface area contributed by atoms with Crippen LogP contribution in [0.5, 0.6) is 0 Å². The third-order valence-corrected chi connectivity index (χ3v) is 2.87. The Labute approximate surface area is 119 Å². The topological polar surface area (TPSA) is 49.3 Å². The number of carbonyl (C=O) groups is 1. The van der Waals surface area contributed by atoms with Gasteiger partial charge in [-0.3, -0.25) is 0 Å². The number of nitrogens with one attached hydrogen (secondary N) is 1. The summed E-state index contributed by atoms with van der Waals surface area (Å²) in [4.78, 5) is 11.3. The lowest BCUT2D eigenvalue weighted by Gasteiger charge is -2.17. The van der Waals surface area contributed by atoms with Crippen LogP contribution in [0.15, 0.2) is 36.4 Å². The van der Waals surface area contributed by atoms with Gasteiger partial charge in [0, 0.05) is 11.3 Å². The first-order valence-electron chi connectivity index (χ1n) is 6.08. The summed E-state index contributed by atoms with van der Waals surface area (Å²) in [6.07, 6.45) is 0. The van der Waals surface area contributed by atoms with Crippen molar-refractivity contribution in [1.82, 2.24) is 0 Å². The molecule has 0 saturated heterocycles. The van der Waals surface area contributed by atoms with Crippen molar-refractivity contribution in [2.75, 3.05) is 5.32 Å². The Morgan fingerprint density at radius 3 is 2.43 bits per heavy atom. The number of carboxylic acids is 1. The van der Waals surface area contributed by atoms with Gasteiger partial charge in [0.2, 0.25) is 0 Å². The molecule has 0 radical (unpaired) electrons. The third kappa shape index (κ3) is 3.53. The number of anilines is 1. The highest BCUT2D eigenvalue weighted by molar-refractivity contribution is 5.79. The summed E-state index contributed by atoms with van der Waals surface area (Å²) in [5.41, 5.74) is 0.384. The van der Waals surface area contributed by atoms with Crippen molar-refractivity contribution in [2.24, 2.45) is 0 Å². The average molecular weight is 295 g/mol. The van der Waals surface area contributed by atoms with E-state index in [9.17, 15) is 23.1 Å². The van der Waals surface area contributed by atoms with E-state index in [1.54, 1.807) is 6.92 Å². The van der Waals surface area contributed by atoms with Crippen LogP contribution in [-0.2, 0) is 4.79 Å². The number of benzene rings is 2. The zero-order valence-corrected chi connectivity index (χ0v) is 11.0. The van der Waals surface area contributed by atoms with E-state index in [0.717, 1.165) is 24.3 Å². The second kappa shape index (κ2) is 5.87. The van der Waals surface area contributed by atoms with Crippen molar-refractivity contribution >= 4 is 11.7 Å². The second-order valence-electron chi connectivity index (χ2n) is 4.60. The normalized spacial score (nSPS) is 12.0. The van der Waals surface area contributed by atoms with E-state index in [1.807, 2.05) is 0 Å². The largest absolute Gasteiger partial charge is 0.479 e. The molecular formula is C15H12F3NO2. The van der Waals surface area contributed by atoms with Crippen LogP contribution in [0.4, 0.5) is 18.9 Å². The van der Waals surface area contributed by atoms with Gasteiger partial charge in [0.25, 0.3) is 0 Å². The van der Waals surface area contributed by atoms with Crippen LogP contribution in [0.2, 0.25) is 0 Å². The number of hydrogen-bond donors (Lipinski definition) is 2. The zero-order chi connectivity index (χ0) is 15.6. The Bertz CT molecular complexity index is 668. The van der Waals surface area contributed by atoms with Crippen molar-refractivity contribution in [2.45, 2.75) is 13.0 Å². The first-order chi connectivity index (χ1) is 9.86. The Balaban J connectivity index is 2.40. The predicted octanol–water partition coefficient (Wildman–Crippen LogP) is 3.65. The highest BCUT2D eigenvalue weighted by atomic mass is 19.1. The van der Waals surface area contributed by atoms with Gasteiger partial charge in [0.1, 0.15) is 17.5 Å². The Kier molecular flexibility index (Phi) is 4.16. The molecule has 110 valence electrons. The molecule has 21 heavy (non-hydrogen) atoms. The van der Waals surface area contributed by atoms with Gasteiger partial charge in [-0.1, -0.05) is 0 Å². The molecule has 3 nitrogen and oxygen atoms in total. The monoisotopic (exact) mass is 295 g/mol. The predicted molar refractivity (Wildman–Crippen MR) is 71.5 cm³/mol. The number of carboxylic acid groups (broad SMARTS) is 1. The van der Waals surface area contributed by atoms with Crippen LogP contribution in [0.25, 0.3) is 0 Å². The highest BCUT2D eigenvalue weighted by Gasteiger charge is 2.24. The molecule has 0 aliphatic carbocycles. The Morgan fingerprint density at radius 2 is 1.81 bits per heavy atom. The number of aliphatic carboxylic acids is 1. The molecule has 0 aliphatic rings. The molecule has 0 heterocycles. The molecule has 0 spiro atoms. The molecule has 0 saturated carbocycles. The fourth-order valence-corrected chi connectivity index (χ4v) is 1.99. The second-order valence-corrected chi connectivity index (χ2v) is 4.60. The van der Waals surface area contributed by atoms with Crippen LogP contribution in [0.1, 0.15) is 17.2 Å². The van der Waals surface area contributed by atoms with E-state index in [1.165, 1.54) is 12.1 Å². The Hall–Kier alpha value is -2.50. The number of aryl methyl sites for hydroxylation is 1. The quantitative estimate of drug-likeness (QED) is 0.905. The molecular weight excluding hydrogens is 283 g/mol. The van der Waals surface area contributed by atoms with Crippen LogP contribution in [-0.4, -0.2) is 11.1 Å². The van der Waals surface area contributed by atoms with Crippen LogP contribution < -0.4 is 5.32 Å². The van der Waals surface area contributed by atoms with Crippen LogP contribution in [0, 0.1) is 24.4 Å². The molecule has 0 bridgehead atoms. The summed E-state index contributed by atoms with van der Waals surface area (Å²) < 4.78 is 40.2. The maximum Gasteiger partial charge on any atom is 0.330 e. The molecule has 1 atom stereocenters. The molecule has 0 amide bonds. The zero-order valence-electron chi connectivity index (χ0n) is 11.0. The maximum atomic E-state index is 13.7. The van der Waals surface area contributed by atoms with E-state index < -0.39 is 29.5 Å². The third-order valence-electron chi connectivity index (χ3n) is 2.87. The maximum absolute atomic E-state index is 13.7. The molecule has 2 N–H and O–H groups in total. The van der Waals surface area contributed by atoms with Gasteiger partial charge in [0.05, 0.1) is 0 Å². The number of halogens is 3. The fourth-order valence-electron chi connectivity index (χ4n) is 1.99. The highest BCUT2D eigenvalue weighted by Crippen LogP contribution is 2.24. The minimum atomic E-state index is -1.53. The van der Waals surface area contributed by atoms with Crippen molar-refractivity contribution in [3.8, 4) is 0 Å². The fraction of sp³-hybridized carbons (Fsp3) is 0.133. The van der Waals surface area contributed by atoms with E-state index in [4.69, 9.17) is 0 Å².